The lowest BCUT2D eigenvalue weighted by atomic mass is 10.1. The minimum atomic E-state index is -0.467. The molecule has 2 rings (SSSR count). The van der Waals surface area contributed by atoms with Crippen LogP contribution in [0.5, 0.6) is 17.2 Å². The molecule has 0 aliphatic rings. The molecule has 1 atom stereocenters. The van der Waals surface area contributed by atoms with Crippen LogP contribution in [0.25, 0.3) is 6.08 Å². The Labute approximate surface area is 152 Å². The zero-order chi connectivity index (χ0) is 19.1. The van der Waals surface area contributed by atoms with E-state index in [0.717, 1.165) is 5.56 Å². The van der Waals surface area contributed by atoms with Gasteiger partial charge in [-0.3, -0.25) is 4.79 Å². The van der Waals surface area contributed by atoms with Gasteiger partial charge in [-0.15, -0.1) is 0 Å². The highest BCUT2D eigenvalue weighted by Gasteiger charge is 2.11. The molecule has 0 bridgehead atoms. The lowest BCUT2D eigenvalue weighted by Crippen LogP contribution is -2.24. The van der Waals surface area contributed by atoms with Crippen molar-refractivity contribution in [3.8, 4) is 17.2 Å². The molecule has 5 nitrogen and oxygen atoms in total. The summed E-state index contributed by atoms with van der Waals surface area (Å²) in [6.07, 6.45) is 3.06. The monoisotopic (exact) mass is 359 g/mol. The number of rotatable bonds is 7. The van der Waals surface area contributed by atoms with E-state index in [1.807, 2.05) is 0 Å². The summed E-state index contributed by atoms with van der Waals surface area (Å²) in [6.45, 7) is 1.78. The fraction of sp³-hybridized carbons (Fsp3) is 0.250. The third-order valence-electron chi connectivity index (χ3n) is 3.84. The number of hydrogen-bond acceptors (Lipinski definition) is 4. The van der Waals surface area contributed by atoms with Gasteiger partial charge in [-0.2, -0.15) is 0 Å². The Morgan fingerprint density at radius 3 is 2.23 bits per heavy atom. The van der Waals surface area contributed by atoms with Gasteiger partial charge in [-0.25, -0.2) is 4.39 Å². The molecule has 0 aliphatic heterocycles. The first-order valence-corrected chi connectivity index (χ1v) is 8.02. The zero-order valence-electron chi connectivity index (χ0n) is 15.2. The van der Waals surface area contributed by atoms with E-state index < -0.39 is 5.82 Å². The number of amides is 1. The van der Waals surface area contributed by atoms with Crippen molar-refractivity contribution >= 4 is 12.0 Å². The summed E-state index contributed by atoms with van der Waals surface area (Å²) in [5, 5.41) is 2.79. The Kier molecular flexibility index (Phi) is 6.60. The Hall–Kier alpha value is -3.02. The summed E-state index contributed by atoms with van der Waals surface area (Å²) in [5.41, 5.74) is 1.41. The maximum absolute atomic E-state index is 13.8. The topological polar surface area (TPSA) is 56.8 Å². The Morgan fingerprint density at radius 1 is 1.04 bits per heavy atom. The molecule has 0 saturated carbocycles. The molecule has 0 heterocycles. The van der Waals surface area contributed by atoms with Crippen molar-refractivity contribution in [1.29, 1.82) is 0 Å². The van der Waals surface area contributed by atoms with Gasteiger partial charge in [0.1, 0.15) is 11.5 Å². The number of halogens is 1. The van der Waals surface area contributed by atoms with E-state index >= 15 is 0 Å². The highest BCUT2D eigenvalue weighted by molar-refractivity contribution is 5.92. The van der Waals surface area contributed by atoms with Gasteiger partial charge in [-0.1, -0.05) is 6.07 Å². The maximum atomic E-state index is 13.8. The summed E-state index contributed by atoms with van der Waals surface area (Å²) in [7, 11) is 4.52. The SMILES string of the molecule is COc1cc(/C=C/C(=O)N[C@H](C)c2ccc(OC)c(F)c2)cc(OC)c1. The van der Waals surface area contributed by atoms with Gasteiger partial charge in [0.15, 0.2) is 11.6 Å². The van der Waals surface area contributed by atoms with Crippen molar-refractivity contribution in [2.75, 3.05) is 21.3 Å². The second kappa shape index (κ2) is 8.89. The largest absolute Gasteiger partial charge is 0.497 e. The van der Waals surface area contributed by atoms with Crippen LogP contribution in [-0.2, 0) is 4.79 Å². The highest BCUT2D eigenvalue weighted by Crippen LogP contribution is 2.24. The molecule has 26 heavy (non-hydrogen) atoms. The standard InChI is InChI=1S/C20H22FNO4/c1-13(15-6-7-19(26-4)18(21)11-15)22-20(23)8-5-14-9-16(24-2)12-17(10-14)25-3/h5-13H,1-4H3,(H,22,23)/b8-5+/t13-/m1/s1. The number of benzene rings is 2. The summed E-state index contributed by atoms with van der Waals surface area (Å²) < 4.78 is 29.1. The van der Waals surface area contributed by atoms with Crippen LogP contribution in [-0.4, -0.2) is 27.2 Å². The van der Waals surface area contributed by atoms with Gasteiger partial charge in [0.25, 0.3) is 0 Å². The van der Waals surface area contributed by atoms with Gasteiger partial charge < -0.3 is 19.5 Å². The molecule has 0 radical (unpaired) electrons. The minimum absolute atomic E-state index is 0.166. The number of hydrogen-bond donors (Lipinski definition) is 1. The predicted molar refractivity (Wildman–Crippen MR) is 98.1 cm³/mol. The van der Waals surface area contributed by atoms with E-state index in [9.17, 15) is 9.18 Å². The molecule has 6 heteroatoms. The molecule has 0 aliphatic carbocycles. The number of carbonyl (C=O) groups excluding carboxylic acids is 1. The summed E-state index contributed by atoms with van der Waals surface area (Å²) in [4.78, 5) is 12.1. The van der Waals surface area contributed by atoms with Gasteiger partial charge >= 0.3 is 0 Å². The minimum Gasteiger partial charge on any atom is -0.497 e. The molecule has 138 valence electrons. The summed E-state index contributed by atoms with van der Waals surface area (Å²) in [5.74, 6) is 0.665. The van der Waals surface area contributed by atoms with Crippen LogP contribution in [0, 0.1) is 5.82 Å². The quantitative estimate of drug-likeness (QED) is 0.765. The zero-order valence-corrected chi connectivity index (χ0v) is 15.2. The fourth-order valence-electron chi connectivity index (χ4n) is 2.39. The van der Waals surface area contributed by atoms with Gasteiger partial charge in [-0.05, 0) is 48.4 Å². The summed E-state index contributed by atoms with van der Waals surface area (Å²) in [6, 6.07) is 9.56. The average molecular weight is 359 g/mol. The van der Waals surface area contributed by atoms with E-state index in [-0.39, 0.29) is 17.7 Å². The van der Waals surface area contributed by atoms with Crippen LogP contribution in [0.2, 0.25) is 0 Å². The first-order chi connectivity index (χ1) is 12.5. The maximum Gasteiger partial charge on any atom is 0.244 e. The first kappa shape index (κ1) is 19.3. The normalized spacial score (nSPS) is 11.9. The van der Waals surface area contributed by atoms with Gasteiger partial charge in [0.2, 0.25) is 5.91 Å². The molecular formula is C20H22FNO4. The molecule has 0 aromatic heterocycles. The van der Waals surface area contributed by atoms with E-state index in [1.54, 1.807) is 51.5 Å². The Balaban J connectivity index is 2.06. The third kappa shape index (κ3) is 4.99. The van der Waals surface area contributed by atoms with Gasteiger partial charge in [0.05, 0.1) is 27.4 Å². The fourth-order valence-corrected chi connectivity index (χ4v) is 2.39. The van der Waals surface area contributed by atoms with E-state index in [1.165, 1.54) is 25.3 Å². The molecule has 2 aromatic rings. The van der Waals surface area contributed by atoms with E-state index in [2.05, 4.69) is 5.32 Å². The lowest BCUT2D eigenvalue weighted by Gasteiger charge is -2.14. The van der Waals surface area contributed by atoms with Crippen LogP contribution >= 0.6 is 0 Å². The molecule has 1 N–H and O–H groups in total. The van der Waals surface area contributed by atoms with Crippen molar-refractivity contribution in [1.82, 2.24) is 5.32 Å². The third-order valence-corrected chi connectivity index (χ3v) is 3.84. The molecule has 0 spiro atoms. The van der Waals surface area contributed by atoms with Crippen LogP contribution in [0.3, 0.4) is 0 Å². The van der Waals surface area contributed by atoms with Crippen LogP contribution in [0.4, 0.5) is 4.39 Å². The number of carbonyl (C=O) groups is 1. The molecule has 1 amide bonds. The Bertz CT molecular complexity index is 782. The molecule has 2 aromatic carbocycles. The second-order valence-corrected chi connectivity index (χ2v) is 5.60. The van der Waals surface area contributed by atoms with E-state index in [4.69, 9.17) is 14.2 Å². The molecule has 0 saturated heterocycles. The summed E-state index contributed by atoms with van der Waals surface area (Å²) >= 11 is 0. The van der Waals surface area contributed by atoms with Crippen LogP contribution in [0.15, 0.2) is 42.5 Å². The second-order valence-electron chi connectivity index (χ2n) is 5.60. The van der Waals surface area contributed by atoms with Crippen LogP contribution < -0.4 is 19.5 Å². The number of ether oxygens (including phenoxy) is 3. The van der Waals surface area contributed by atoms with Crippen molar-refractivity contribution < 1.29 is 23.4 Å². The molecule has 0 fully saturated rings. The van der Waals surface area contributed by atoms with Crippen molar-refractivity contribution in [2.45, 2.75) is 13.0 Å². The molecule has 0 unspecified atom stereocenters. The number of methoxy groups -OCH3 is 3. The van der Waals surface area contributed by atoms with Crippen molar-refractivity contribution in [3.63, 3.8) is 0 Å². The first-order valence-electron chi connectivity index (χ1n) is 8.02. The highest BCUT2D eigenvalue weighted by atomic mass is 19.1. The Morgan fingerprint density at radius 2 is 1.69 bits per heavy atom. The lowest BCUT2D eigenvalue weighted by molar-refractivity contribution is -0.117. The molecular weight excluding hydrogens is 337 g/mol. The van der Waals surface area contributed by atoms with Crippen LogP contribution in [0.1, 0.15) is 24.1 Å². The van der Waals surface area contributed by atoms with Crippen molar-refractivity contribution in [2.24, 2.45) is 0 Å². The van der Waals surface area contributed by atoms with Gasteiger partial charge in [0, 0.05) is 12.1 Å². The smallest absolute Gasteiger partial charge is 0.244 e. The predicted octanol–water partition coefficient (Wildman–Crippen LogP) is 3.74. The van der Waals surface area contributed by atoms with E-state index in [0.29, 0.717) is 17.1 Å². The van der Waals surface area contributed by atoms with Crippen molar-refractivity contribution in [3.05, 3.63) is 59.4 Å². The average Bonchev–Trinajstić information content (AvgIpc) is 2.65. The number of nitrogens with one attached hydrogen (secondary N) is 1.